The molecule has 0 aliphatic rings. The molecule has 0 spiro atoms. The van der Waals surface area contributed by atoms with Gasteiger partial charge in [-0.25, -0.2) is 4.79 Å². The smallest absolute Gasteiger partial charge is 0.337 e. The van der Waals surface area contributed by atoms with Gasteiger partial charge in [0.1, 0.15) is 5.39 Å². The quantitative estimate of drug-likeness (QED) is 0.750. The van der Waals surface area contributed by atoms with Crippen LogP contribution in [0.25, 0.3) is 11.1 Å². The summed E-state index contributed by atoms with van der Waals surface area (Å²) in [6.07, 6.45) is 1.77. The molecule has 0 aliphatic carbocycles. The number of aliphatic hydroxyl groups excluding tert-OH is 1. The SMILES string of the molecule is CCc1cc(=O)oc2nc(OCCCCO)[nH]c(=O)c12. The van der Waals surface area contributed by atoms with Crippen molar-refractivity contribution in [2.75, 3.05) is 13.2 Å². The van der Waals surface area contributed by atoms with Crippen molar-refractivity contribution >= 4 is 11.1 Å². The number of ether oxygens (including phenoxy) is 1. The van der Waals surface area contributed by atoms with Crippen LogP contribution in [0.5, 0.6) is 6.01 Å². The number of H-pyrrole nitrogens is 1. The van der Waals surface area contributed by atoms with Gasteiger partial charge < -0.3 is 14.3 Å². The first-order valence-corrected chi connectivity index (χ1v) is 6.46. The molecule has 108 valence electrons. The Kier molecular flexibility index (Phi) is 4.52. The zero-order chi connectivity index (χ0) is 14.5. The van der Waals surface area contributed by atoms with E-state index in [1.54, 1.807) is 0 Å². The first-order chi connectivity index (χ1) is 9.65. The third-order valence-corrected chi connectivity index (χ3v) is 2.85. The number of aromatic nitrogens is 2. The summed E-state index contributed by atoms with van der Waals surface area (Å²) in [6, 6.07) is 1.30. The number of nitrogens with zero attached hydrogens (tertiary/aromatic N) is 1. The summed E-state index contributed by atoms with van der Waals surface area (Å²) in [6.45, 7) is 2.24. The minimum atomic E-state index is -0.543. The fraction of sp³-hybridized carbons (Fsp3) is 0.462. The number of nitrogens with one attached hydrogen (secondary N) is 1. The van der Waals surface area contributed by atoms with Gasteiger partial charge in [-0.2, -0.15) is 4.98 Å². The van der Waals surface area contributed by atoms with Gasteiger partial charge in [-0.1, -0.05) is 6.92 Å². The van der Waals surface area contributed by atoms with Crippen molar-refractivity contribution < 1.29 is 14.3 Å². The lowest BCUT2D eigenvalue weighted by atomic mass is 10.1. The van der Waals surface area contributed by atoms with Crippen molar-refractivity contribution in [3.8, 4) is 6.01 Å². The van der Waals surface area contributed by atoms with Crippen molar-refractivity contribution in [2.45, 2.75) is 26.2 Å². The molecule has 0 fully saturated rings. The average Bonchev–Trinajstić information content (AvgIpc) is 2.42. The van der Waals surface area contributed by atoms with Gasteiger partial charge in [-0.15, -0.1) is 0 Å². The van der Waals surface area contributed by atoms with Crippen LogP contribution < -0.4 is 15.9 Å². The van der Waals surface area contributed by atoms with Gasteiger partial charge in [0.05, 0.1) is 6.61 Å². The summed E-state index contributed by atoms with van der Waals surface area (Å²) in [4.78, 5) is 29.9. The molecule has 7 nitrogen and oxygen atoms in total. The molecule has 0 amide bonds. The van der Waals surface area contributed by atoms with Crippen LogP contribution in [0.2, 0.25) is 0 Å². The second-order valence-electron chi connectivity index (χ2n) is 4.27. The number of hydrogen-bond donors (Lipinski definition) is 2. The lowest BCUT2D eigenvalue weighted by molar-refractivity contribution is 0.243. The maximum Gasteiger partial charge on any atom is 0.337 e. The van der Waals surface area contributed by atoms with Crippen molar-refractivity contribution in [2.24, 2.45) is 0 Å². The summed E-state index contributed by atoms with van der Waals surface area (Å²) in [5.41, 5.74) is -0.362. The molecule has 0 saturated heterocycles. The molecule has 0 bridgehead atoms. The molecule has 2 aromatic rings. The summed E-state index contributed by atoms with van der Waals surface area (Å²) in [7, 11) is 0. The van der Waals surface area contributed by atoms with E-state index in [1.165, 1.54) is 6.07 Å². The Balaban J connectivity index is 2.37. The predicted octanol–water partition coefficient (Wildman–Crippen LogP) is 0.590. The fourth-order valence-electron chi connectivity index (χ4n) is 1.86. The first kappa shape index (κ1) is 14.3. The molecule has 0 aliphatic heterocycles. The number of aromatic amines is 1. The highest BCUT2D eigenvalue weighted by Crippen LogP contribution is 2.13. The van der Waals surface area contributed by atoms with Crippen LogP contribution in [-0.4, -0.2) is 28.3 Å². The highest BCUT2D eigenvalue weighted by molar-refractivity contribution is 5.75. The van der Waals surface area contributed by atoms with Crippen molar-refractivity contribution in [1.82, 2.24) is 9.97 Å². The Bertz CT molecular complexity index is 704. The van der Waals surface area contributed by atoms with Gasteiger partial charge in [-0.05, 0) is 24.8 Å². The standard InChI is InChI=1S/C13H16N2O5/c1-2-8-7-9(17)20-12-10(8)11(18)14-13(15-12)19-6-4-3-5-16/h7,16H,2-6H2,1H3,(H,14,15,18). The van der Waals surface area contributed by atoms with Crippen LogP contribution in [-0.2, 0) is 6.42 Å². The number of rotatable bonds is 6. The van der Waals surface area contributed by atoms with Gasteiger partial charge in [0, 0.05) is 12.7 Å². The van der Waals surface area contributed by atoms with Gasteiger partial charge in [-0.3, -0.25) is 9.78 Å². The summed E-state index contributed by atoms with van der Waals surface area (Å²) in [5.74, 6) is 0. The largest absolute Gasteiger partial charge is 0.465 e. The Morgan fingerprint density at radius 1 is 1.40 bits per heavy atom. The topological polar surface area (TPSA) is 105 Å². The molecule has 2 N–H and O–H groups in total. The van der Waals surface area contributed by atoms with E-state index in [2.05, 4.69) is 9.97 Å². The molecule has 20 heavy (non-hydrogen) atoms. The number of aryl methyl sites for hydroxylation is 1. The van der Waals surface area contributed by atoms with Crippen LogP contribution in [0.3, 0.4) is 0 Å². The Labute approximate surface area is 114 Å². The minimum absolute atomic E-state index is 0.0110. The number of hydrogen-bond acceptors (Lipinski definition) is 6. The third kappa shape index (κ3) is 3.05. The minimum Gasteiger partial charge on any atom is -0.465 e. The highest BCUT2D eigenvalue weighted by Gasteiger charge is 2.12. The molecular weight excluding hydrogens is 264 g/mol. The molecule has 0 radical (unpaired) electrons. The van der Waals surface area contributed by atoms with Gasteiger partial charge in [0.25, 0.3) is 11.6 Å². The van der Waals surface area contributed by atoms with E-state index in [9.17, 15) is 9.59 Å². The van der Waals surface area contributed by atoms with Crippen LogP contribution in [0.1, 0.15) is 25.3 Å². The Morgan fingerprint density at radius 3 is 2.90 bits per heavy atom. The monoisotopic (exact) mass is 280 g/mol. The Morgan fingerprint density at radius 2 is 2.20 bits per heavy atom. The van der Waals surface area contributed by atoms with Crippen molar-refractivity contribution in [3.05, 3.63) is 32.4 Å². The lowest BCUT2D eigenvalue weighted by Crippen LogP contribution is -2.15. The van der Waals surface area contributed by atoms with Crippen LogP contribution in [0.4, 0.5) is 0 Å². The second-order valence-corrected chi connectivity index (χ2v) is 4.27. The van der Waals surface area contributed by atoms with Gasteiger partial charge in [0.15, 0.2) is 0 Å². The van der Waals surface area contributed by atoms with Crippen LogP contribution in [0.15, 0.2) is 20.1 Å². The molecule has 0 saturated carbocycles. The van der Waals surface area contributed by atoms with E-state index >= 15 is 0 Å². The maximum absolute atomic E-state index is 12.0. The van der Waals surface area contributed by atoms with E-state index in [4.69, 9.17) is 14.3 Å². The Hall–Kier alpha value is -2.15. The average molecular weight is 280 g/mol. The van der Waals surface area contributed by atoms with Crippen molar-refractivity contribution in [3.63, 3.8) is 0 Å². The lowest BCUT2D eigenvalue weighted by Gasteiger charge is -2.06. The number of aliphatic hydroxyl groups is 1. The van der Waals surface area contributed by atoms with E-state index < -0.39 is 11.2 Å². The molecule has 0 aromatic carbocycles. The molecule has 2 aromatic heterocycles. The van der Waals surface area contributed by atoms with Crippen molar-refractivity contribution in [1.29, 1.82) is 0 Å². The fourth-order valence-corrected chi connectivity index (χ4v) is 1.86. The molecular formula is C13H16N2O5. The van der Waals surface area contributed by atoms with E-state index in [1.807, 2.05) is 6.92 Å². The van der Waals surface area contributed by atoms with Crippen LogP contribution in [0, 0.1) is 0 Å². The first-order valence-electron chi connectivity index (χ1n) is 6.46. The molecule has 0 atom stereocenters. The molecule has 7 heteroatoms. The third-order valence-electron chi connectivity index (χ3n) is 2.85. The molecule has 2 heterocycles. The van der Waals surface area contributed by atoms with E-state index in [0.29, 0.717) is 31.4 Å². The predicted molar refractivity (Wildman–Crippen MR) is 72.1 cm³/mol. The normalized spacial score (nSPS) is 10.9. The second kappa shape index (κ2) is 6.33. The zero-order valence-electron chi connectivity index (χ0n) is 11.1. The van der Waals surface area contributed by atoms with E-state index in [-0.39, 0.29) is 23.7 Å². The number of unbranched alkanes of at least 4 members (excludes halogenated alkanes) is 1. The number of fused-ring (bicyclic) bond motifs is 1. The van der Waals surface area contributed by atoms with Crippen LogP contribution >= 0.6 is 0 Å². The summed E-state index contributed by atoms with van der Waals surface area (Å²) >= 11 is 0. The molecule has 2 rings (SSSR count). The highest BCUT2D eigenvalue weighted by atomic mass is 16.5. The van der Waals surface area contributed by atoms with Gasteiger partial charge in [0.2, 0.25) is 5.71 Å². The van der Waals surface area contributed by atoms with Gasteiger partial charge >= 0.3 is 5.63 Å². The maximum atomic E-state index is 12.0. The summed E-state index contributed by atoms with van der Waals surface area (Å²) in [5, 5.41) is 8.93. The summed E-state index contributed by atoms with van der Waals surface area (Å²) < 4.78 is 10.2. The zero-order valence-corrected chi connectivity index (χ0v) is 11.1. The molecule has 0 unspecified atom stereocenters. The van der Waals surface area contributed by atoms with E-state index in [0.717, 1.165) is 0 Å².